The zero-order valence-electron chi connectivity index (χ0n) is 19.9. The van der Waals surface area contributed by atoms with Gasteiger partial charge in [-0.1, -0.05) is 18.7 Å². The highest BCUT2D eigenvalue weighted by atomic mass is 32.2. The third kappa shape index (κ3) is 4.86. The summed E-state index contributed by atoms with van der Waals surface area (Å²) in [5.74, 6) is 1.09. The Morgan fingerprint density at radius 2 is 1.85 bits per heavy atom. The molecule has 4 heterocycles. The van der Waals surface area contributed by atoms with E-state index in [1.165, 1.54) is 4.57 Å². The summed E-state index contributed by atoms with van der Waals surface area (Å²) in [6.07, 6.45) is 1.26. The van der Waals surface area contributed by atoms with Crippen molar-refractivity contribution in [1.82, 2.24) is 29.1 Å². The molecule has 0 aromatic carbocycles. The van der Waals surface area contributed by atoms with Crippen LogP contribution in [-0.2, 0) is 18.4 Å². The first kappa shape index (κ1) is 24.0. The molecule has 1 atom stereocenters. The fourth-order valence-electron chi connectivity index (χ4n) is 4.34. The Hall–Kier alpha value is -3.15. The van der Waals surface area contributed by atoms with Crippen LogP contribution in [0.2, 0.25) is 0 Å². The highest BCUT2D eigenvalue weighted by Gasteiger charge is 2.28. The van der Waals surface area contributed by atoms with Crippen LogP contribution in [0, 0.1) is 25.7 Å². The zero-order valence-corrected chi connectivity index (χ0v) is 20.7. The summed E-state index contributed by atoms with van der Waals surface area (Å²) in [7, 11) is 1.59. The number of rotatable bonds is 7. The monoisotopic (exact) mass is 486 g/mol. The predicted octanol–water partition coefficient (Wildman–Crippen LogP) is 0.960. The highest BCUT2D eigenvalue weighted by molar-refractivity contribution is 7.99. The lowest BCUT2D eigenvalue weighted by Gasteiger charge is -2.32. The Labute approximate surface area is 200 Å². The fourth-order valence-corrected chi connectivity index (χ4v) is 5.30. The molecule has 0 radical (unpaired) electrons. The Morgan fingerprint density at radius 1 is 1.21 bits per heavy atom. The summed E-state index contributed by atoms with van der Waals surface area (Å²) in [5.41, 5.74) is 7.10. The van der Waals surface area contributed by atoms with Crippen molar-refractivity contribution in [3.63, 3.8) is 0 Å². The van der Waals surface area contributed by atoms with Gasteiger partial charge in [0.1, 0.15) is 0 Å². The maximum absolute atomic E-state index is 12.8. The van der Waals surface area contributed by atoms with Crippen LogP contribution in [0.25, 0.3) is 11.2 Å². The smallest absolute Gasteiger partial charge is 0.329 e. The van der Waals surface area contributed by atoms with Gasteiger partial charge in [0.15, 0.2) is 16.3 Å². The molecule has 1 saturated heterocycles. The molecule has 0 bridgehead atoms. The molecule has 0 spiro atoms. The van der Waals surface area contributed by atoms with Gasteiger partial charge in [0.25, 0.3) is 5.56 Å². The summed E-state index contributed by atoms with van der Waals surface area (Å²) < 4.78 is 3.25. The first-order chi connectivity index (χ1) is 16.1. The largest absolute Gasteiger partial charge is 0.369 e. The predicted molar refractivity (Wildman–Crippen MR) is 131 cm³/mol. The molecule has 1 fully saturated rings. The number of piperidine rings is 1. The number of fused-ring (bicyclic) bond motifs is 1. The van der Waals surface area contributed by atoms with Crippen LogP contribution < -0.4 is 21.9 Å². The van der Waals surface area contributed by atoms with Crippen molar-refractivity contribution in [2.24, 2.45) is 24.6 Å². The summed E-state index contributed by atoms with van der Waals surface area (Å²) in [4.78, 5) is 54.7. The van der Waals surface area contributed by atoms with Crippen LogP contribution in [-0.4, -0.2) is 53.8 Å². The van der Waals surface area contributed by atoms with Gasteiger partial charge in [-0.25, -0.2) is 14.8 Å². The molecule has 1 aliphatic heterocycles. The number of aromatic nitrogens is 6. The van der Waals surface area contributed by atoms with Crippen LogP contribution in [0.1, 0.15) is 31.2 Å². The molecule has 3 N–H and O–H groups in total. The molecule has 3 aromatic heterocycles. The second kappa shape index (κ2) is 9.61. The SMILES string of the molecule is Cc1cc(C)nc(SC[C@H](C)Cn2c(N3CCC(C(N)=O)CC3)nc3c2c(=O)[nH]c(=O)n3C)n1. The van der Waals surface area contributed by atoms with E-state index >= 15 is 0 Å². The van der Waals surface area contributed by atoms with Gasteiger partial charge in [0.05, 0.1) is 0 Å². The number of nitrogens with zero attached hydrogens (tertiary/aromatic N) is 6. The number of anilines is 1. The summed E-state index contributed by atoms with van der Waals surface area (Å²) >= 11 is 1.58. The number of aromatic amines is 1. The van der Waals surface area contributed by atoms with Gasteiger partial charge in [-0.15, -0.1) is 0 Å². The summed E-state index contributed by atoms with van der Waals surface area (Å²) in [6, 6.07) is 1.94. The van der Waals surface area contributed by atoms with E-state index in [1.807, 2.05) is 24.5 Å². The number of thioether (sulfide) groups is 1. The minimum absolute atomic E-state index is 0.157. The third-order valence-electron chi connectivity index (χ3n) is 6.12. The number of carbonyl (C=O) groups is 1. The molecule has 0 aliphatic carbocycles. The average molecular weight is 487 g/mol. The van der Waals surface area contributed by atoms with E-state index in [0.717, 1.165) is 22.3 Å². The molecular weight excluding hydrogens is 456 g/mol. The molecule has 0 saturated carbocycles. The third-order valence-corrected chi connectivity index (χ3v) is 7.30. The maximum atomic E-state index is 12.8. The van der Waals surface area contributed by atoms with E-state index in [0.29, 0.717) is 49.6 Å². The summed E-state index contributed by atoms with van der Waals surface area (Å²) in [6.45, 7) is 7.72. The van der Waals surface area contributed by atoms with Gasteiger partial charge in [0.2, 0.25) is 11.9 Å². The van der Waals surface area contributed by atoms with Gasteiger partial charge in [0, 0.05) is 49.7 Å². The molecule has 1 aliphatic rings. The Bertz CT molecular complexity index is 1320. The number of imidazole rings is 1. The van der Waals surface area contributed by atoms with Gasteiger partial charge in [-0.2, -0.15) is 4.98 Å². The zero-order chi connectivity index (χ0) is 24.6. The number of amides is 1. The van der Waals surface area contributed by atoms with Gasteiger partial charge in [-0.3, -0.25) is 19.1 Å². The lowest BCUT2D eigenvalue weighted by atomic mass is 9.96. The molecule has 182 valence electrons. The normalized spacial score (nSPS) is 15.7. The van der Waals surface area contributed by atoms with Crippen molar-refractivity contribution in [1.29, 1.82) is 0 Å². The second-order valence-corrected chi connectivity index (χ2v) is 10.0. The lowest BCUT2D eigenvalue weighted by molar-refractivity contribution is -0.122. The van der Waals surface area contributed by atoms with Crippen LogP contribution in [0.15, 0.2) is 20.8 Å². The van der Waals surface area contributed by atoms with E-state index in [1.54, 1.807) is 18.8 Å². The van der Waals surface area contributed by atoms with Crippen molar-refractivity contribution in [2.75, 3.05) is 23.7 Å². The molecule has 0 unspecified atom stereocenters. The standard InChI is InChI=1S/C22H30N8O3S/c1-12(11-34-20-24-13(2)9-14(3)25-20)10-30-16-18(28(4)22(33)27-19(16)32)26-21(30)29-7-5-15(6-8-29)17(23)31/h9,12,15H,5-8,10-11H2,1-4H3,(H2,23,31)(H,27,32,33)/t12-/m1/s1. The Balaban J connectivity index is 1.64. The van der Waals surface area contributed by atoms with Crippen molar-refractivity contribution < 1.29 is 4.79 Å². The lowest BCUT2D eigenvalue weighted by Crippen LogP contribution is -2.40. The molecule has 12 heteroatoms. The van der Waals surface area contributed by atoms with Crippen molar-refractivity contribution in [3.05, 3.63) is 38.3 Å². The number of nitrogens with one attached hydrogen (secondary N) is 1. The first-order valence-corrected chi connectivity index (χ1v) is 12.3. The molecule has 11 nitrogen and oxygen atoms in total. The van der Waals surface area contributed by atoms with Crippen LogP contribution in [0.5, 0.6) is 0 Å². The van der Waals surface area contributed by atoms with Gasteiger partial charge >= 0.3 is 5.69 Å². The number of primary amides is 1. The molecular formula is C22H30N8O3S. The van der Waals surface area contributed by atoms with Crippen molar-refractivity contribution >= 4 is 34.8 Å². The quantitative estimate of drug-likeness (QED) is 0.371. The maximum Gasteiger partial charge on any atom is 0.329 e. The topological polar surface area (TPSA) is 145 Å². The summed E-state index contributed by atoms with van der Waals surface area (Å²) in [5, 5.41) is 0.730. The van der Waals surface area contributed by atoms with Crippen LogP contribution >= 0.6 is 11.8 Å². The van der Waals surface area contributed by atoms with E-state index < -0.39 is 11.2 Å². The number of nitrogens with two attached hydrogens (primary N) is 1. The van der Waals surface area contributed by atoms with Gasteiger partial charge < -0.3 is 15.2 Å². The van der Waals surface area contributed by atoms with E-state index in [2.05, 4.69) is 26.8 Å². The first-order valence-electron chi connectivity index (χ1n) is 11.3. The van der Waals surface area contributed by atoms with Crippen molar-refractivity contribution in [3.8, 4) is 0 Å². The Kier molecular flexibility index (Phi) is 6.78. The number of hydrogen-bond acceptors (Lipinski definition) is 8. The molecule has 4 rings (SSSR count). The Morgan fingerprint density at radius 3 is 2.47 bits per heavy atom. The van der Waals surface area contributed by atoms with Crippen LogP contribution in [0.4, 0.5) is 5.95 Å². The minimum atomic E-state index is -0.503. The minimum Gasteiger partial charge on any atom is -0.369 e. The van der Waals surface area contributed by atoms with E-state index in [4.69, 9.17) is 10.7 Å². The van der Waals surface area contributed by atoms with E-state index in [-0.39, 0.29) is 17.7 Å². The highest BCUT2D eigenvalue weighted by Crippen LogP contribution is 2.27. The number of carbonyl (C=O) groups excluding carboxylic acids is 1. The molecule has 3 aromatic rings. The number of hydrogen-bond donors (Lipinski definition) is 2. The molecule has 1 amide bonds. The van der Waals surface area contributed by atoms with Crippen LogP contribution in [0.3, 0.4) is 0 Å². The fraction of sp³-hybridized carbons (Fsp3) is 0.545. The second-order valence-electron chi connectivity index (χ2n) is 9.03. The number of H-pyrrole nitrogens is 1. The van der Waals surface area contributed by atoms with Gasteiger partial charge in [-0.05, 0) is 38.7 Å². The molecule has 34 heavy (non-hydrogen) atoms. The average Bonchev–Trinajstić information content (AvgIpc) is 3.15. The number of aryl methyl sites for hydroxylation is 3. The van der Waals surface area contributed by atoms with Crippen molar-refractivity contribution in [2.45, 2.75) is 45.3 Å². The van der Waals surface area contributed by atoms with E-state index in [9.17, 15) is 14.4 Å².